The predicted molar refractivity (Wildman–Crippen MR) is 85.1 cm³/mol. The summed E-state index contributed by atoms with van der Waals surface area (Å²) in [5, 5.41) is 0. The smallest absolute Gasteiger partial charge is 0.222 e. The zero-order chi connectivity index (χ0) is 15.1. The van der Waals surface area contributed by atoms with E-state index >= 15 is 0 Å². The highest BCUT2D eigenvalue weighted by Crippen LogP contribution is 2.15. The Labute approximate surface area is 127 Å². The third-order valence-electron chi connectivity index (χ3n) is 4.12. The second-order valence-corrected chi connectivity index (χ2v) is 5.78. The minimum Gasteiger partial charge on any atom is -0.353 e. The number of nitrogens with zero attached hydrogens (tertiary/aromatic N) is 3. The maximum absolute atomic E-state index is 12.2. The van der Waals surface area contributed by atoms with Gasteiger partial charge in [0, 0.05) is 38.8 Å². The van der Waals surface area contributed by atoms with Crippen molar-refractivity contribution in [3.8, 4) is 0 Å². The molecule has 2 N–H and O–H groups in total. The minimum atomic E-state index is 0.277. The molecular formula is C16H26N4O. The molecule has 1 unspecified atom stereocenters. The van der Waals surface area contributed by atoms with Crippen molar-refractivity contribution in [2.45, 2.75) is 26.2 Å². The van der Waals surface area contributed by atoms with Crippen LogP contribution >= 0.6 is 0 Å². The number of amides is 1. The number of hydrogen-bond acceptors (Lipinski definition) is 4. The summed E-state index contributed by atoms with van der Waals surface area (Å²) in [6, 6.07) is 5.94. The van der Waals surface area contributed by atoms with E-state index in [4.69, 9.17) is 5.73 Å². The topological polar surface area (TPSA) is 62.5 Å². The lowest BCUT2D eigenvalue weighted by Crippen LogP contribution is -2.49. The highest BCUT2D eigenvalue weighted by Gasteiger charge is 2.21. The van der Waals surface area contributed by atoms with Gasteiger partial charge in [-0.15, -0.1) is 0 Å². The quantitative estimate of drug-likeness (QED) is 0.862. The first-order valence-electron chi connectivity index (χ1n) is 7.84. The first-order chi connectivity index (χ1) is 10.2. The van der Waals surface area contributed by atoms with Crippen LogP contribution in [0.15, 0.2) is 24.4 Å². The Kier molecular flexibility index (Phi) is 5.99. The lowest BCUT2D eigenvalue weighted by Gasteiger charge is -2.35. The van der Waals surface area contributed by atoms with E-state index in [2.05, 4.69) is 16.8 Å². The van der Waals surface area contributed by atoms with Crippen LogP contribution in [0.3, 0.4) is 0 Å². The Morgan fingerprint density at radius 2 is 2.05 bits per heavy atom. The molecule has 1 aliphatic heterocycles. The number of piperazine rings is 1. The summed E-state index contributed by atoms with van der Waals surface area (Å²) in [7, 11) is 0. The molecular weight excluding hydrogens is 264 g/mol. The van der Waals surface area contributed by atoms with E-state index < -0.39 is 0 Å². The summed E-state index contributed by atoms with van der Waals surface area (Å²) in [6.07, 6.45) is 4.40. The molecule has 5 nitrogen and oxygen atoms in total. The molecule has 1 aromatic heterocycles. The molecule has 1 fully saturated rings. The number of rotatable bonds is 6. The third-order valence-corrected chi connectivity index (χ3v) is 4.12. The second kappa shape index (κ2) is 7.98. The van der Waals surface area contributed by atoms with Gasteiger partial charge in [0.25, 0.3) is 0 Å². The van der Waals surface area contributed by atoms with Crippen molar-refractivity contribution in [2.75, 3.05) is 37.6 Å². The van der Waals surface area contributed by atoms with E-state index in [0.717, 1.165) is 44.8 Å². The Bertz CT molecular complexity index is 429. The summed E-state index contributed by atoms with van der Waals surface area (Å²) in [5.74, 6) is 1.81. The maximum atomic E-state index is 12.2. The van der Waals surface area contributed by atoms with Crippen LogP contribution in [0.5, 0.6) is 0 Å². The van der Waals surface area contributed by atoms with Crippen molar-refractivity contribution in [3.63, 3.8) is 0 Å². The Hall–Kier alpha value is -1.62. The summed E-state index contributed by atoms with van der Waals surface area (Å²) in [6.45, 7) is 6.18. The van der Waals surface area contributed by atoms with Crippen molar-refractivity contribution in [2.24, 2.45) is 11.7 Å². The molecule has 1 aliphatic rings. The monoisotopic (exact) mass is 290 g/mol. The molecule has 0 bridgehead atoms. The van der Waals surface area contributed by atoms with Crippen LogP contribution in [0.4, 0.5) is 5.82 Å². The predicted octanol–water partition coefficient (Wildman–Crippen LogP) is 1.50. The highest BCUT2D eigenvalue weighted by molar-refractivity contribution is 5.76. The fraction of sp³-hybridized carbons (Fsp3) is 0.625. The average molecular weight is 290 g/mol. The van der Waals surface area contributed by atoms with Gasteiger partial charge in [0.05, 0.1) is 0 Å². The van der Waals surface area contributed by atoms with E-state index in [1.165, 1.54) is 0 Å². The molecule has 1 atom stereocenters. The third kappa shape index (κ3) is 4.70. The fourth-order valence-electron chi connectivity index (χ4n) is 2.68. The van der Waals surface area contributed by atoms with Crippen LogP contribution in [0.25, 0.3) is 0 Å². The van der Waals surface area contributed by atoms with Crippen molar-refractivity contribution in [1.29, 1.82) is 0 Å². The molecule has 5 heteroatoms. The van der Waals surface area contributed by atoms with Crippen molar-refractivity contribution < 1.29 is 4.79 Å². The Morgan fingerprint density at radius 1 is 1.29 bits per heavy atom. The first-order valence-corrected chi connectivity index (χ1v) is 7.84. The summed E-state index contributed by atoms with van der Waals surface area (Å²) in [4.78, 5) is 20.8. The van der Waals surface area contributed by atoms with Crippen LogP contribution in [-0.2, 0) is 4.79 Å². The number of pyridine rings is 1. The van der Waals surface area contributed by atoms with Gasteiger partial charge in [-0.25, -0.2) is 4.98 Å². The molecule has 0 saturated carbocycles. The second-order valence-electron chi connectivity index (χ2n) is 5.78. The van der Waals surface area contributed by atoms with E-state index in [1.54, 1.807) is 0 Å². The molecule has 2 heterocycles. The van der Waals surface area contributed by atoms with E-state index in [1.807, 2.05) is 29.3 Å². The summed E-state index contributed by atoms with van der Waals surface area (Å²) >= 11 is 0. The van der Waals surface area contributed by atoms with Crippen LogP contribution in [0.2, 0.25) is 0 Å². The Morgan fingerprint density at radius 3 is 2.67 bits per heavy atom. The van der Waals surface area contributed by atoms with Crippen molar-refractivity contribution in [1.82, 2.24) is 9.88 Å². The zero-order valence-electron chi connectivity index (χ0n) is 12.9. The lowest BCUT2D eigenvalue weighted by molar-refractivity contribution is -0.131. The van der Waals surface area contributed by atoms with Crippen molar-refractivity contribution in [3.05, 3.63) is 24.4 Å². The van der Waals surface area contributed by atoms with Crippen LogP contribution < -0.4 is 10.6 Å². The first kappa shape index (κ1) is 15.8. The standard InChI is InChI=1S/C16H26N4O/c1-14(7-8-17)5-6-16(21)20-12-10-19(11-13-20)15-4-2-3-9-18-15/h2-4,9,14H,5-8,10-13,17H2,1H3. The highest BCUT2D eigenvalue weighted by atomic mass is 16.2. The molecule has 2 rings (SSSR count). The normalized spacial score (nSPS) is 16.9. The molecule has 0 radical (unpaired) electrons. The van der Waals surface area contributed by atoms with Gasteiger partial charge in [0.2, 0.25) is 5.91 Å². The van der Waals surface area contributed by atoms with Gasteiger partial charge in [-0.1, -0.05) is 13.0 Å². The van der Waals surface area contributed by atoms with E-state index in [9.17, 15) is 4.79 Å². The molecule has 1 aromatic rings. The summed E-state index contributed by atoms with van der Waals surface area (Å²) < 4.78 is 0. The fourth-order valence-corrected chi connectivity index (χ4v) is 2.68. The maximum Gasteiger partial charge on any atom is 0.222 e. The number of hydrogen-bond donors (Lipinski definition) is 1. The average Bonchev–Trinajstić information content (AvgIpc) is 2.54. The molecule has 1 amide bonds. The Balaban J connectivity index is 1.74. The number of anilines is 1. The van der Waals surface area contributed by atoms with Crippen LogP contribution in [0, 0.1) is 5.92 Å². The molecule has 0 aliphatic carbocycles. The van der Waals surface area contributed by atoms with Gasteiger partial charge >= 0.3 is 0 Å². The molecule has 21 heavy (non-hydrogen) atoms. The van der Waals surface area contributed by atoms with Crippen LogP contribution in [0.1, 0.15) is 26.2 Å². The van der Waals surface area contributed by atoms with Crippen molar-refractivity contribution >= 4 is 11.7 Å². The van der Waals surface area contributed by atoms with E-state index in [0.29, 0.717) is 18.9 Å². The van der Waals surface area contributed by atoms with Gasteiger partial charge in [0.1, 0.15) is 5.82 Å². The minimum absolute atomic E-state index is 0.277. The van der Waals surface area contributed by atoms with Gasteiger partial charge < -0.3 is 15.5 Å². The number of nitrogens with two attached hydrogens (primary N) is 1. The molecule has 116 valence electrons. The van der Waals surface area contributed by atoms with Gasteiger partial charge in [-0.05, 0) is 37.4 Å². The SMILES string of the molecule is CC(CCN)CCC(=O)N1CCN(c2ccccn2)CC1. The largest absolute Gasteiger partial charge is 0.353 e. The molecule has 0 spiro atoms. The number of carbonyl (C=O) groups excluding carboxylic acids is 1. The van der Waals surface area contributed by atoms with E-state index in [-0.39, 0.29) is 5.91 Å². The van der Waals surface area contributed by atoms with Crippen LogP contribution in [-0.4, -0.2) is 48.5 Å². The number of aromatic nitrogens is 1. The molecule has 0 aromatic carbocycles. The lowest BCUT2D eigenvalue weighted by atomic mass is 10.0. The van der Waals surface area contributed by atoms with Gasteiger partial charge in [0.15, 0.2) is 0 Å². The zero-order valence-corrected chi connectivity index (χ0v) is 12.9. The number of carbonyl (C=O) groups is 1. The van der Waals surface area contributed by atoms with Gasteiger partial charge in [-0.2, -0.15) is 0 Å². The molecule has 1 saturated heterocycles. The summed E-state index contributed by atoms with van der Waals surface area (Å²) in [5.41, 5.74) is 5.54. The van der Waals surface area contributed by atoms with Gasteiger partial charge in [-0.3, -0.25) is 4.79 Å².